The van der Waals surface area contributed by atoms with E-state index >= 15 is 0 Å². The van der Waals surface area contributed by atoms with Gasteiger partial charge in [-0.25, -0.2) is 12.8 Å². The van der Waals surface area contributed by atoms with E-state index in [9.17, 15) is 12.8 Å². The van der Waals surface area contributed by atoms with Crippen molar-refractivity contribution >= 4 is 27.1 Å². The predicted octanol–water partition coefficient (Wildman–Crippen LogP) is 3.49. The van der Waals surface area contributed by atoms with Crippen LogP contribution in [0.2, 0.25) is 5.02 Å². The van der Waals surface area contributed by atoms with Crippen molar-refractivity contribution in [2.75, 3.05) is 11.6 Å². The Morgan fingerprint density at radius 1 is 1.15 bits per heavy atom. The van der Waals surface area contributed by atoms with E-state index in [1.165, 1.54) is 18.2 Å². The maximum atomic E-state index is 13.3. The summed E-state index contributed by atoms with van der Waals surface area (Å²) in [7, 11) is -3.20. The van der Waals surface area contributed by atoms with Gasteiger partial charge >= 0.3 is 0 Å². The molecule has 0 fully saturated rings. The average Bonchev–Trinajstić information content (AvgIpc) is 2.40. The Morgan fingerprint density at radius 2 is 1.80 bits per heavy atom. The minimum atomic E-state index is -3.20. The lowest BCUT2D eigenvalue weighted by Gasteiger charge is -2.09. The molecule has 3 nitrogen and oxygen atoms in total. The lowest BCUT2D eigenvalue weighted by Crippen LogP contribution is -2.02. The fourth-order valence-electron chi connectivity index (χ4n) is 1.70. The molecule has 106 valence electrons. The summed E-state index contributed by atoms with van der Waals surface area (Å²) in [5.41, 5.74) is 1.37. The molecular weight excluding hydrogens is 301 g/mol. The van der Waals surface area contributed by atoms with Crippen molar-refractivity contribution in [2.45, 2.75) is 11.4 Å². The highest BCUT2D eigenvalue weighted by molar-refractivity contribution is 7.90. The molecule has 0 aromatic heterocycles. The molecule has 2 aromatic rings. The van der Waals surface area contributed by atoms with Gasteiger partial charge in [-0.3, -0.25) is 0 Å². The SMILES string of the molecule is CS(=O)(=O)c1ccc(NCc2cccc(F)c2Cl)cc1. The maximum Gasteiger partial charge on any atom is 0.175 e. The highest BCUT2D eigenvalue weighted by Crippen LogP contribution is 2.21. The predicted molar refractivity (Wildman–Crippen MR) is 78.3 cm³/mol. The van der Waals surface area contributed by atoms with Crippen LogP contribution in [0.1, 0.15) is 5.56 Å². The summed E-state index contributed by atoms with van der Waals surface area (Å²) in [6.07, 6.45) is 1.15. The molecule has 6 heteroatoms. The number of hydrogen-bond acceptors (Lipinski definition) is 3. The quantitative estimate of drug-likeness (QED) is 0.939. The summed E-state index contributed by atoms with van der Waals surface area (Å²) in [6, 6.07) is 11.0. The van der Waals surface area contributed by atoms with Crippen LogP contribution in [0.25, 0.3) is 0 Å². The third-order valence-corrected chi connectivity index (χ3v) is 4.35. The zero-order valence-corrected chi connectivity index (χ0v) is 12.3. The van der Waals surface area contributed by atoms with E-state index in [1.807, 2.05) is 0 Å². The van der Waals surface area contributed by atoms with Crippen molar-refractivity contribution in [1.29, 1.82) is 0 Å². The number of rotatable bonds is 4. The highest BCUT2D eigenvalue weighted by atomic mass is 35.5. The van der Waals surface area contributed by atoms with Gasteiger partial charge in [0.2, 0.25) is 0 Å². The second-order valence-electron chi connectivity index (χ2n) is 4.36. The Balaban J connectivity index is 2.10. The summed E-state index contributed by atoms with van der Waals surface area (Å²) in [5, 5.41) is 3.15. The van der Waals surface area contributed by atoms with E-state index in [0.29, 0.717) is 12.1 Å². The van der Waals surface area contributed by atoms with E-state index in [-0.39, 0.29) is 9.92 Å². The average molecular weight is 314 g/mol. The Hall–Kier alpha value is -1.59. The highest BCUT2D eigenvalue weighted by Gasteiger charge is 2.07. The van der Waals surface area contributed by atoms with E-state index in [4.69, 9.17) is 11.6 Å². The third-order valence-electron chi connectivity index (χ3n) is 2.80. The molecule has 0 aliphatic carbocycles. The zero-order valence-electron chi connectivity index (χ0n) is 10.7. The molecule has 0 bridgehead atoms. The molecule has 0 saturated carbocycles. The molecule has 0 unspecified atom stereocenters. The zero-order chi connectivity index (χ0) is 14.8. The summed E-state index contributed by atoms with van der Waals surface area (Å²) < 4.78 is 35.9. The number of hydrogen-bond donors (Lipinski definition) is 1. The largest absolute Gasteiger partial charge is 0.381 e. The molecule has 0 atom stereocenters. The molecule has 0 radical (unpaired) electrons. The second-order valence-corrected chi connectivity index (χ2v) is 6.76. The van der Waals surface area contributed by atoms with Crippen LogP contribution in [0, 0.1) is 5.82 Å². The number of benzene rings is 2. The number of halogens is 2. The fourth-order valence-corrected chi connectivity index (χ4v) is 2.53. The van der Waals surface area contributed by atoms with Gasteiger partial charge in [-0.05, 0) is 35.9 Å². The molecule has 0 aliphatic rings. The van der Waals surface area contributed by atoms with Gasteiger partial charge in [0.15, 0.2) is 9.84 Å². The van der Waals surface area contributed by atoms with Crippen molar-refractivity contribution < 1.29 is 12.8 Å². The van der Waals surface area contributed by atoms with Crippen LogP contribution >= 0.6 is 11.6 Å². The molecule has 0 aliphatic heterocycles. The van der Waals surface area contributed by atoms with Gasteiger partial charge in [0.25, 0.3) is 0 Å². The standard InChI is InChI=1S/C14H13ClFNO2S/c1-20(18,19)12-7-5-11(6-8-12)17-9-10-3-2-4-13(16)14(10)15/h2-8,17H,9H2,1H3. The normalized spacial score (nSPS) is 11.3. The molecule has 20 heavy (non-hydrogen) atoms. The van der Waals surface area contributed by atoms with Crippen LogP contribution in [-0.4, -0.2) is 14.7 Å². The fraction of sp³-hybridized carbons (Fsp3) is 0.143. The van der Waals surface area contributed by atoms with E-state index in [2.05, 4.69) is 5.32 Å². The Kier molecular flexibility index (Phi) is 4.30. The van der Waals surface area contributed by atoms with Crippen molar-refractivity contribution in [3.8, 4) is 0 Å². The van der Waals surface area contributed by atoms with Gasteiger partial charge in [-0.2, -0.15) is 0 Å². The summed E-state index contributed by atoms with van der Waals surface area (Å²) >= 11 is 5.85. The number of nitrogens with one attached hydrogen (secondary N) is 1. The van der Waals surface area contributed by atoms with E-state index in [1.54, 1.807) is 24.3 Å². The number of anilines is 1. The van der Waals surface area contributed by atoms with Gasteiger partial charge in [-0.1, -0.05) is 23.7 Å². The van der Waals surface area contributed by atoms with Crippen molar-refractivity contribution in [2.24, 2.45) is 0 Å². The van der Waals surface area contributed by atoms with Crippen LogP contribution in [0.3, 0.4) is 0 Å². The van der Waals surface area contributed by atoms with Crippen LogP contribution in [-0.2, 0) is 16.4 Å². The molecule has 0 spiro atoms. The third kappa shape index (κ3) is 3.49. The Morgan fingerprint density at radius 3 is 2.40 bits per heavy atom. The summed E-state index contributed by atoms with van der Waals surface area (Å²) in [5.74, 6) is -0.460. The second kappa shape index (κ2) is 5.81. The first kappa shape index (κ1) is 14.8. The van der Waals surface area contributed by atoms with Gasteiger partial charge < -0.3 is 5.32 Å². The van der Waals surface area contributed by atoms with Crippen molar-refractivity contribution in [3.63, 3.8) is 0 Å². The van der Waals surface area contributed by atoms with Crippen LogP contribution < -0.4 is 5.32 Å². The van der Waals surface area contributed by atoms with E-state index in [0.717, 1.165) is 11.9 Å². The Bertz CT molecular complexity index is 714. The molecule has 2 aromatic carbocycles. The monoisotopic (exact) mass is 313 g/mol. The summed E-state index contributed by atoms with van der Waals surface area (Å²) in [4.78, 5) is 0.256. The first-order valence-corrected chi connectivity index (χ1v) is 8.12. The molecule has 1 N–H and O–H groups in total. The molecule has 2 rings (SSSR count). The van der Waals surface area contributed by atoms with Crippen molar-refractivity contribution in [3.05, 3.63) is 58.9 Å². The van der Waals surface area contributed by atoms with Crippen LogP contribution in [0.4, 0.5) is 10.1 Å². The minimum Gasteiger partial charge on any atom is -0.381 e. The van der Waals surface area contributed by atoms with Gasteiger partial charge in [0.1, 0.15) is 5.82 Å². The van der Waals surface area contributed by atoms with Gasteiger partial charge in [0.05, 0.1) is 9.92 Å². The topological polar surface area (TPSA) is 46.2 Å². The smallest absolute Gasteiger partial charge is 0.175 e. The lowest BCUT2D eigenvalue weighted by molar-refractivity contribution is 0.602. The lowest BCUT2D eigenvalue weighted by atomic mass is 10.2. The van der Waals surface area contributed by atoms with E-state index < -0.39 is 15.7 Å². The van der Waals surface area contributed by atoms with Crippen LogP contribution in [0.5, 0.6) is 0 Å². The molecular formula is C14H13ClFNO2S. The first-order valence-electron chi connectivity index (χ1n) is 5.85. The molecule has 0 saturated heterocycles. The minimum absolute atomic E-state index is 0.0905. The maximum absolute atomic E-state index is 13.3. The van der Waals surface area contributed by atoms with Crippen LogP contribution in [0.15, 0.2) is 47.4 Å². The van der Waals surface area contributed by atoms with Gasteiger partial charge in [0, 0.05) is 18.5 Å². The summed E-state index contributed by atoms with van der Waals surface area (Å²) in [6.45, 7) is 0.356. The molecule has 0 heterocycles. The van der Waals surface area contributed by atoms with Crippen molar-refractivity contribution in [1.82, 2.24) is 0 Å². The number of sulfone groups is 1. The first-order chi connectivity index (χ1) is 9.38. The van der Waals surface area contributed by atoms with Gasteiger partial charge in [-0.15, -0.1) is 0 Å². The Labute approximate surface area is 122 Å². The molecule has 0 amide bonds.